The van der Waals surface area contributed by atoms with E-state index in [-0.39, 0.29) is 39.6 Å². The number of hydrogen-bond donors (Lipinski definition) is 0. The molecule has 0 amide bonds. The Labute approximate surface area is 201 Å². The van der Waals surface area contributed by atoms with Gasteiger partial charge in [0.1, 0.15) is 5.75 Å². The number of rotatable bonds is 17. The molecule has 0 aromatic heterocycles. The first kappa shape index (κ1) is 28.1. The summed E-state index contributed by atoms with van der Waals surface area (Å²) < 4.78 is 10.4. The zero-order chi connectivity index (χ0) is 22.9. The van der Waals surface area contributed by atoms with Gasteiger partial charge in [0.05, 0.1) is 21.7 Å². The summed E-state index contributed by atoms with van der Waals surface area (Å²) in [6, 6.07) is 2.85. The number of carbonyl (C=O) groups excluding carboxylic acids is 2. The van der Waals surface area contributed by atoms with Gasteiger partial charge < -0.3 is 9.47 Å². The van der Waals surface area contributed by atoms with E-state index in [4.69, 9.17) is 44.3 Å². The zero-order valence-corrected chi connectivity index (χ0v) is 20.8. The number of ether oxygens (including phenoxy) is 2. The molecule has 7 heteroatoms. The highest BCUT2D eigenvalue weighted by Crippen LogP contribution is 2.34. The van der Waals surface area contributed by atoms with Gasteiger partial charge in [-0.1, -0.05) is 106 Å². The van der Waals surface area contributed by atoms with Gasteiger partial charge in [-0.25, -0.2) is 0 Å². The number of esters is 2. The second-order valence-corrected chi connectivity index (χ2v) is 8.98. The monoisotopic (exact) mass is 492 g/mol. The molecular weight excluding hydrogens is 459 g/mol. The van der Waals surface area contributed by atoms with Crippen molar-refractivity contribution in [1.29, 1.82) is 0 Å². The average molecular weight is 494 g/mol. The molecule has 176 valence electrons. The van der Waals surface area contributed by atoms with Gasteiger partial charge in [0.2, 0.25) is 0 Å². The van der Waals surface area contributed by atoms with Crippen molar-refractivity contribution in [3.63, 3.8) is 0 Å². The van der Waals surface area contributed by atoms with Crippen LogP contribution >= 0.6 is 34.8 Å². The fourth-order valence-corrected chi connectivity index (χ4v) is 3.75. The highest BCUT2D eigenvalue weighted by Gasteiger charge is 2.11. The van der Waals surface area contributed by atoms with Crippen LogP contribution in [-0.2, 0) is 14.3 Å². The van der Waals surface area contributed by atoms with Crippen LogP contribution in [0.3, 0.4) is 0 Å². The van der Waals surface area contributed by atoms with E-state index in [1.54, 1.807) is 0 Å². The number of unbranched alkanes of at least 4 members (excludes halogenated alkanes) is 10. The van der Waals surface area contributed by atoms with Crippen LogP contribution in [0, 0.1) is 0 Å². The lowest BCUT2D eigenvalue weighted by molar-refractivity contribution is -0.144. The van der Waals surface area contributed by atoms with Crippen molar-refractivity contribution < 1.29 is 19.1 Å². The van der Waals surface area contributed by atoms with Crippen molar-refractivity contribution in [2.24, 2.45) is 0 Å². The Balaban J connectivity index is 1.98. The minimum Gasteiger partial charge on any atom is -0.466 e. The fourth-order valence-electron chi connectivity index (χ4n) is 3.18. The molecule has 0 saturated heterocycles. The average Bonchev–Trinajstić information content (AvgIpc) is 2.72. The Morgan fingerprint density at radius 3 is 1.74 bits per heavy atom. The Kier molecular flexibility index (Phi) is 15.9. The molecule has 0 saturated carbocycles. The minimum atomic E-state index is -0.465. The summed E-state index contributed by atoms with van der Waals surface area (Å²) in [6.45, 7) is 2.69. The standard InChI is InChI=1S/C24H35Cl3O4/c1-2-3-4-5-6-7-8-9-10-11-12-16-30-22(28)14-13-15-23(29)31-19-17-20(25)24(27)21(26)18-19/h17-18H,2-16H2,1H3. The quantitative estimate of drug-likeness (QED) is 0.0943. The summed E-state index contributed by atoms with van der Waals surface area (Å²) in [5.41, 5.74) is 0. The van der Waals surface area contributed by atoms with Crippen LogP contribution in [0.5, 0.6) is 5.75 Å². The second kappa shape index (κ2) is 17.6. The molecule has 0 unspecified atom stereocenters. The lowest BCUT2D eigenvalue weighted by Gasteiger charge is -2.07. The lowest BCUT2D eigenvalue weighted by atomic mass is 10.1. The molecule has 1 rings (SSSR count). The maximum Gasteiger partial charge on any atom is 0.311 e. The SMILES string of the molecule is CCCCCCCCCCCCCOC(=O)CCCC(=O)Oc1cc(Cl)c(Cl)c(Cl)c1. The molecule has 0 heterocycles. The van der Waals surface area contributed by atoms with Crippen LogP contribution in [0.2, 0.25) is 15.1 Å². The van der Waals surface area contributed by atoms with Gasteiger partial charge in [-0.15, -0.1) is 0 Å². The smallest absolute Gasteiger partial charge is 0.311 e. The van der Waals surface area contributed by atoms with Crippen molar-refractivity contribution in [2.45, 2.75) is 96.8 Å². The van der Waals surface area contributed by atoms with Crippen LogP contribution in [-0.4, -0.2) is 18.5 Å². The van der Waals surface area contributed by atoms with Crippen molar-refractivity contribution >= 4 is 46.7 Å². The molecule has 31 heavy (non-hydrogen) atoms. The number of halogens is 3. The third-order valence-electron chi connectivity index (χ3n) is 4.96. The van der Waals surface area contributed by atoms with Crippen LogP contribution in [0.15, 0.2) is 12.1 Å². The van der Waals surface area contributed by atoms with Crippen LogP contribution < -0.4 is 4.74 Å². The van der Waals surface area contributed by atoms with Gasteiger partial charge in [-0.3, -0.25) is 9.59 Å². The summed E-state index contributed by atoms with van der Waals surface area (Å²) in [5, 5.41) is 0.634. The van der Waals surface area contributed by atoms with Crippen molar-refractivity contribution in [3.8, 4) is 5.75 Å². The third-order valence-corrected chi connectivity index (χ3v) is 6.16. The predicted molar refractivity (Wildman–Crippen MR) is 128 cm³/mol. The normalized spacial score (nSPS) is 10.8. The van der Waals surface area contributed by atoms with Gasteiger partial charge in [-0.2, -0.15) is 0 Å². The lowest BCUT2D eigenvalue weighted by Crippen LogP contribution is -2.10. The molecule has 1 aromatic rings. The first-order valence-electron chi connectivity index (χ1n) is 11.4. The van der Waals surface area contributed by atoms with Gasteiger partial charge in [0, 0.05) is 25.0 Å². The van der Waals surface area contributed by atoms with Crippen LogP contribution in [0.1, 0.15) is 96.8 Å². The van der Waals surface area contributed by atoms with Gasteiger partial charge in [-0.05, 0) is 12.8 Å². The van der Waals surface area contributed by atoms with E-state index < -0.39 is 5.97 Å². The van der Waals surface area contributed by atoms with E-state index in [0.717, 1.165) is 12.8 Å². The van der Waals surface area contributed by atoms with Crippen molar-refractivity contribution in [1.82, 2.24) is 0 Å². The zero-order valence-electron chi connectivity index (χ0n) is 18.5. The Morgan fingerprint density at radius 2 is 1.19 bits per heavy atom. The van der Waals surface area contributed by atoms with E-state index in [1.807, 2.05) is 0 Å². The van der Waals surface area contributed by atoms with E-state index >= 15 is 0 Å². The van der Waals surface area contributed by atoms with Gasteiger partial charge in [0.15, 0.2) is 0 Å². The molecule has 0 fully saturated rings. The predicted octanol–water partition coefficient (Wildman–Crippen LogP) is 8.58. The third kappa shape index (κ3) is 13.9. The van der Waals surface area contributed by atoms with Gasteiger partial charge in [0.25, 0.3) is 0 Å². The van der Waals surface area contributed by atoms with Crippen LogP contribution in [0.25, 0.3) is 0 Å². The van der Waals surface area contributed by atoms with E-state index in [1.165, 1.54) is 69.9 Å². The Bertz CT molecular complexity index is 641. The minimum absolute atomic E-state index is 0.103. The summed E-state index contributed by atoms with van der Waals surface area (Å²) in [6.07, 6.45) is 14.5. The summed E-state index contributed by atoms with van der Waals surface area (Å²) >= 11 is 17.7. The number of carbonyl (C=O) groups is 2. The summed E-state index contributed by atoms with van der Waals surface area (Å²) in [4.78, 5) is 23.6. The molecule has 4 nitrogen and oxygen atoms in total. The van der Waals surface area contributed by atoms with E-state index in [2.05, 4.69) is 6.92 Å². The van der Waals surface area contributed by atoms with E-state index in [0.29, 0.717) is 13.0 Å². The Morgan fingerprint density at radius 1 is 0.710 bits per heavy atom. The fraction of sp³-hybridized carbons (Fsp3) is 0.667. The maximum atomic E-state index is 11.9. The maximum absolute atomic E-state index is 11.9. The van der Waals surface area contributed by atoms with Crippen molar-refractivity contribution in [2.75, 3.05) is 6.61 Å². The second-order valence-electron chi connectivity index (χ2n) is 7.78. The number of hydrogen-bond acceptors (Lipinski definition) is 4. The number of benzene rings is 1. The highest BCUT2D eigenvalue weighted by molar-refractivity contribution is 6.48. The molecule has 0 aliphatic carbocycles. The highest BCUT2D eigenvalue weighted by atomic mass is 35.5. The molecular formula is C24H35Cl3O4. The Hall–Kier alpha value is -0.970. The van der Waals surface area contributed by atoms with Crippen molar-refractivity contribution in [3.05, 3.63) is 27.2 Å². The topological polar surface area (TPSA) is 52.6 Å². The molecule has 0 atom stereocenters. The first-order chi connectivity index (χ1) is 14.9. The first-order valence-corrected chi connectivity index (χ1v) is 12.6. The summed E-state index contributed by atoms with van der Waals surface area (Å²) in [7, 11) is 0. The molecule has 0 radical (unpaired) electrons. The molecule has 0 aliphatic rings. The van der Waals surface area contributed by atoms with Crippen LogP contribution in [0.4, 0.5) is 0 Å². The summed E-state index contributed by atoms with van der Waals surface area (Å²) in [5.74, 6) is -0.520. The molecule has 1 aromatic carbocycles. The molecule has 0 aliphatic heterocycles. The molecule has 0 bridgehead atoms. The van der Waals surface area contributed by atoms with E-state index in [9.17, 15) is 9.59 Å². The largest absolute Gasteiger partial charge is 0.466 e. The van der Waals surface area contributed by atoms with Gasteiger partial charge >= 0.3 is 11.9 Å². The molecule has 0 N–H and O–H groups in total. The molecule has 0 spiro atoms.